The quantitative estimate of drug-likeness (QED) is 0.0274. The zero-order valence-corrected chi connectivity index (χ0v) is 67.0. The number of unbranched alkanes of at least 4 members (excludes halogenated alkanes) is 2. The number of carbonyl (C=O) groups excluding carboxylic acids is 19. The van der Waals surface area contributed by atoms with Crippen LogP contribution in [0.25, 0.3) is 0 Å². The van der Waals surface area contributed by atoms with Crippen molar-refractivity contribution in [2.75, 3.05) is 19.6 Å². The first-order chi connectivity index (χ1) is 54.3. The summed E-state index contributed by atoms with van der Waals surface area (Å²) in [5, 5.41) is 62.2. The number of phenolic OH excluding ortho intramolecular Hbond substituents is 1. The van der Waals surface area contributed by atoms with Gasteiger partial charge in [-0.05, 0) is 152 Å². The number of carboxylic acid groups (broad SMARTS) is 1. The average molecular weight is 1640 g/mol. The van der Waals surface area contributed by atoms with E-state index in [2.05, 4.69) is 106 Å². The predicted octanol–water partition coefficient (Wildman–Crippen LogP) is -9.26. The van der Waals surface area contributed by atoms with E-state index in [1.54, 1.807) is 0 Å². The molecule has 0 aliphatic heterocycles. The smallest absolute Gasteiger partial charge is 0.305 e. The molecule has 644 valence electrons. The first-order valence-corrected chi connectivity index (χ1v) is 37.4. The third-order valence-electron chi connectivity index (χ3n) is 17.3. The number of benzene rings is 1. The van der Waals surface area contributed by atoms with E-state index in [-0.39, 0.29) is 43.7 Å². The number of carbonyl (C=O) groups is 20. The summed E-state index contributed by atoms with van der Waals surface area (Å²) in [7, 11) is 0. The third-order valence-corrected chi connectivity index (χ3v) is 17.3. The standard InChI is InChI=1S/C71H113N23O22/c1-32(81-62(107)38(7)87-69(114)49(90-44(13)95)19-15-17-25-73)56(101)79-36(5)60(105)85-42(11)66(111)93-51(27-46-29-75-31-77-46)70(115)88-39(8)63(108)82-33(2)57(102)80-37(6)61(106)86-43(12)67(112)94-52(28-54(98)99)71(116)89-40(9)64(109)83-34(3)58(103)78-35(4)59(104)84-41(10)65(110)92-48(18-14-16-24-72)68(113)76-30-53(97)91-50(55(74)100)26-45-20-22-47(96)23-21-45/h20-23,29,31-43,48-52,96H,14-19,24-28,30,72-73H2,1-13H3,(H2,74,100)(H,75,77)(H,76,113)(H,78,103)(H,79,101)(H,80,102)(H,81,107)(H,82,108)(H,83,109)(H,84,104)(H,85,105)(H,86,106)(H,87,114)(H,88,115)(H,89,116)(H,90,95)(H,91,97)(H,92,110)(H,93,111)(H,94,112)(H,98,99)/t32-,33-,34-,35-,36-,37-,38-,39-,40-,41-,42-,43-,48-,49-,50-,51-,52-/m0/s1. The zero-order valence-electron chi connectivity index (χ0n) is 67.0. The number of amides is 19. The van der Waals surface area contributed by atoms with Crippen LogP contribution in [0.4, 0.5) is 0 Å². The second-order valence-corrected chi connectivity index (χ2v) is 27.7. The molecule has 1 heterocycles. The maximum Gasteiger partial charge on any atom is 0.305 e. The van der Waals surface area contributed by atoms with Gasteiger partial charge in [-0.25, -0.2) is 4.98 Å². The van der Waals surface area contributed by atoms with Crippen LogP contribution >= 0.6 is 0 Å². The summed E-state index contributed by atoms with van der Waals surface area (Å²) in [6, 6.07) is -17.2. The van der Waals surface area contributed by atoms with E-state index in [1.165, 1.54) is 113 Å². The van der Waals surface area contributed by atoms with E-state index in [0.29, 0.717) is 37.8 Å². The molecule has 0 bridgehead atoms. The number of aromatic hydroxyl groups is 1. The highest BCUT2D eigenvalue weighted by atomic mass is 16.4. The number of hydrogen-bond acceptors (Lipinski definition) is 24. The van der Waals surface area contributed by atoms with Crippen molar-refractivity contribution in [3.63, 3.8) is 0 Å². The van der Waals surface area contributed by atoms with Crippen LogP contribution < -0.4 is 113 Å². The molecule has 19 amide bonds. The van der Waals surface area contributed by atoms with E-state index in [1.807, 2.05) is 0 Å². The van der Waals surface area contributed by atoms with Gasteiger partial charge in [-0.1, -0.05) is 12.1 Å². The SMILES string of the molecule is CC(=O)N[C@@H](CCCCN)C(=O)N[C@@H](C)C(=O)N[C@@H](C)C(=O)N[C@@H](C)C(=O)N[C@@H](C)C(=O)N[C@@H](Cc1c[nH]cn1)C(=O)N[C@@H](C)C(=O)N[C@@H](C)C(=O)N[C@@H](C)C(=O)N[C@@H](C)C(=O)N[C@@H](CC(=O)O)C(=O)N[C@@H](C)C(=O)N[C@@H](C)C(=O)N[C@@H](C)C(=O)N[C@@H](C)C(=O)N[C@@H](CCCCN)C(=O)NCC(=O)N[C@@H](Cc1ccc(O)cc1)C(N)=O. The first-order valence-electron chi connectivity index (χ1n) is 37.4. The Labute approximate surface area is 668 Å². The Morgan fingerprint density at radius 3 is 0.957 bits per heavy atom. The molecule has 0 spiro atoms. The van der Waals surface area contributed by atoms with Crippen molar-refractivity contribution in [3.05, 3.63) is 48.0 Å². The number of aromatic nitrogens is 2. The number of imidazole rings is 1. The molecule has 116 heavy (non-hydrogen) atoms. The molecule has 0 unspecified atom stereocenters. The highest BCUT2D eigenvalue weighted by Gasteiger charge is 2.36. The van der Waals surface area contributed by atoms with Gasteiger partial charge in [0.2, 0.25) is 112 Å². The lowest BCUT2D eigenvalue weighted by molar-refractivity contribution is -0.141. The highest BCUT2D eigenvalue weighted by Crippen LogP contribution is 2.12. The van der Waals surface area contributed by atoms with E-state index in [0.717, 1.165) is 13.8 Å². The molecule has 45 heteroatoms. The van der Waals surface area contributed by atoms with E-state index in [9.17, 15) is 106 Å². The molecule has 2 rings (SSSR count). The third kappa shape index (κ3) is 36.6. The molecule has 0 fully saturated rings. The lowest BCUT2D eigenvalue weighted by Crippen LogP contribution is -2.59. The van der Waals surface area contributed by atoms with Crippen molar-refractivity contribution in [2.24, 2.45) is 17.2 Å². The topological polar surface area (TPSA) is 705 Å². The lowest BCUT2D eigenvalue weighted by Gasteiger charge is -2.25. The van der Waals surface area contributed by atoms with Crippen molar-refractivity contribution < 1.29 is 106 Å². The molecule has 0 radical (unpaired) electrons. The van der Waals surface area contributed by atoms with Crippen LogP contribution in [-0.4, -0.2) is 261 Å². The fourth-order valence-corrected chi connectivity index (χ4v) is 10.3. The molecule has 45 nitrogen and oxygen atoms in total. The predicted molar refractivity (Wildman–Crippen MR) is 411 cm³/mol. The normalized spacial score (nSPS) is 15.3. The molecule has 2 aromatic rings. The van der Waals surface area contributed by atoms with Gasteiger partial charge in [0.25, 0.3) is 0 Å². The Morgan fingerprint density at radius 2 is 0.655 bits per heavy atom. The Bertz CT molecular complexity index is 3790. The van der Waals surface area contributed by atoms with E-state index >= 15 is 0 Å². The molecule has 0 aliphatic rings. The minimum Gasteiger partial charge on any atom is -0.508 e. The van der Waals surface area contributed by atoms with Gasteiger partial charge in [0, 0.05) is 26.0 Å². The maximum atomic E-state index is 13.7. The molecule has 1 aromatic carbocycles. The first kappa shape index (κ1) is 99.6. The summed E-state index contributed by atoms with van der Waals surface area (Å²) >= 11 is 0. The largest absolute Gasteiger partial charge is 0.508 e. The minimum absolute atomic E-state index is 0.0223. The van der Waals surface area contributed by atoms with Gasteiger partial charge in [0.1, 0.15) is 108 Å². The van der Waals surface area contributed by atoms with Gasteiger partial charge in [-0.3, -0.25) is 95.9 Å². The number of nitrogens with zero attached hydrogens (tertiary/aromatic N) is 1. The number of rotatable bonds is 50. The van der Waals surface area contributed by atoms with Gasteiger partial charge in [0.15, 0.2) is 0 Å². The second-order valence-electron chi connectivity index (χ2n) is 27.7. The van der Waals surface area contributed by atoms with Crippen LogP contribution in [0.2, 0.25) is 0 Å². The van der Waals surface area contributed by atoms with Crippen LogP contribution in [0, 0.1) is 0 Å². The number of hydrogen-bond donors (Lipinski definition) is 24. The zero-order chi connectivity index (χ0) is 88.0. The van der Waals surface area contributed by atoms with E-state index in [4.69, 9.17) is 17.2 Å². The van der Waals surface area contributed by atoms with Crippen molar-refractivity contribution >= 4 is 118 Å². The number of nitrogens with two attached hydrogens (primary N) is 3. The van der Waals surface area contributed by atoms with Crippen LogP contribution in [0.15, 0.2) is 36.8 Å². The van der Waals surface area contributed by atoms with E-state index < -0.39 is 234 Å². The molecule has 27 N–H and O–H groups in total. The van der Waals surface area contributed by atoms with Crippen LogP contribution in [-0.2, 0) is 109 Å². The Balaban J connectivity index is 1.94. The number of primary amides is 1. The minimum atomic E-state index is -1.87. The van der Waals surface area contributed by atoms with Gasteiger partial charge in [-0.15, -0.1) is 0 Å². The number of nitrogens with one attached hydrogen (secondary N) is 19. The Hall–Kier alpha value is -12.4. The monoisotopic (exact) mass is 1640 g/mol. The van der Waals surface area contributed by atoms with Crippen LogP contribution in [0.3, 0.4) is 0 Å². The maximum absolute atomic E-state index is 13.7. The molecular formula is C71H113N23O22. The fraction of sp³-hybridized carbons (Fsp3) is 0.592. The fourth-order valence-electron chi connectivity index (χ4n) is 10.3. The van der Waals surface area contributed by atoms with Gasteiger partial charge >= 0.3 is 5.97 Å². The summed E-state index contributed by atoms with van der Waals surface area (Å²) in [6.07, 6.45) is 3.65. The molecule has 0 aliphatic carbocycles. The van der Waals surface area contributed by atoms with Gasteiger partial charge in [-0.2, -0.15) is 0 Å². The Kier molecular flexibility index (Phi) is 42.9. The number of aliphatic carboxylic acids is 1. The summed E-state index contributed by atoms with van der Waals surface area (Å²) < 4.78 is 0. The number of aromatic amines is 1. The summed E-state index contributed by atoms with van der Waals surface area (Å²) in [4.78, 5) is 268. The summed E-state index contributed by atoms with van der Waals surface area (Å²) in [5.41, 5.74) is 17.5. The molecule has 17 atom stereocenters. The summed E-state index contributed by atoms with van der Waals surface area (Å²) in [6.45, 7) is 16.2. The average Bonchev–Trinajstić information content (AvgIpc) is 1.76. The van der Waals surface area contributed by atoms with Crippen LogP contribution in [0.5, 0.6) is 5.75 Å². The van der Waals surface area contributed by atoms with Crippen LogP contribution in [0.1, 0.15) is 146 Å². The number of carboxylic acids is 1. The van der Waals surface area contributed by atoms with Gasteiger partial charge in [0.05, 0.1) is 25.0 Å². The molecule has 0 saturated carbocycles. The molecular weight excluding hydrogens is 1530 g/mol. The molecule has 1 aromatic heterocycles. The van der Waals surface area contributed by atoms with Crippen molar-refractivity contribution in [2.45, 2.75) is 251 Å². The summed E-state index contributed by atoms with van der Waals surface area (Å²) in [5.74, 6) is -18.3. The lowest BCUT2D eigenvalue weighted by atomic mass is 10.1. The van der Waals surface area contributed by atoms with Gasteiger partial charge < -0.3 is 128 Å². The molecule has 0 saturated heterocycles. The number of H-pyrrole nitrogens is 1. The Morgan fingerprint density at radius 1 is 0.362 bits per heavy atom. The second kappa shape index (κ2) is 49.9. The number of phenols is 1. The van der Waals surface area contributed by atoms with Crippen molar-refractivity contribution in [1.82, 2.24) is 106 Å². The van der Waals surface area contributed by atoms with Crippen molar-refractivity contribution in [3.8, 4) is 5.75 Å². The van der Waals surface area contributed by atoms with Crippen molar-refractivity contribution in [1.29, 1.82) is 0 Å². The highest BCUT2D eigenvalue weighted by molar-refractivity contribution is 6.01.